The van der Waals surface area contributed by atoms with Gasteiger partial charge in [-0.2, -0.15) is 0 Å². The molecule has 2 aromatic rings. The second-order valence-corrected chi connectivity index (χ2v) is 10.7. The number of anilines is 2. The van der Waals surface area contributed by atoms with E-state index in [-0.39, 0.29) is 5.41 Å². The van der Waals surface area contributed by atoms with Crippen LogP contribution in [0.2, 0.25) is 0 Å². The molecule has 0 aliphatic heterocycles. The fourth-order valence-corrected chi connectivity index (χ4v) is 4.86. The maximum Gasteiger partial charge on any atom is 0.136 e. The van der Waals surface area contributed by atoms with E-state index < -0.39 is 6.17 Å². The summed E-state index contributed by atoms with van der Waals surface area (Å²) in [5.74, 6) is 1.92. The fourth-order valence-electron chi connectivity index (χ4n) is 4.03. The summed E-state index contributed by atoms with van der Waals surface area (Å²) in [5.41, 5.74) is 18.9. The number of pyridine rings is 1. The second-order valence-electron chi connectivity index (χ2n) is 9.81. The van der Waals surface area contributed by atoms with Crippen molar-refractivity contribution in [2.75, 3.05) is 18.2 Å². The Balaban J connectivity index is 1.92. The van der Waals surface area contributed by atoms with Crippen LogP contribution in [0.5, 0.6) is 5.75 Å². The average molecular weight is 468 g/mol. The molecule has 1 aromatic carbocycles. The molecule has 0 spiro atoms. The Bertz CT molecular complexity index is 1070. The third kappa shape index (κ3) is 6.10. The van der Waals surface area contributed by atoms with Gasteiger partial charge in [0.25, 0.3) is 0 Å². The van der Waals surface area contributed by atoms with Gasteiger partial charge in [-0.05, 0) is 62.1 Å². The van der Waals surface area contributed by atoms with Crippen molar-refractivity contribution in [3.63, 3.8) is 0 Å². The van der Waals surface area contributed by atoms with Gasteiger partial charge in [-0.3, -0.25) is 0 Å². The number of hydrogen-bond acceptors (Lipinski definition) is 7. The number of methoxy groups -OCH3 is 1. The van der Waals surface area contributed by atoms with Gasteiger partial charge in [0.2, 0.25) is 0 Å². The summed E-state index contributed by atoms with van der Waals surface area (Å²) in [6.07, 6.45) is 2.82. The van der Waals surface area contributed by atoms with E-state index >= 15 is 0 Å². The van der Waals surface area contributed by atoms with Gasteiger partial charge >= 0.3 is 0 Å². The van der Waals surface area contributed by atoms with Gasteiger partial charge < -0.3 is 21.5 Å². The highest BCUT2D eigenvalue weighted by atomic mass is 32.2. The molecule has 33 heavy (non-hydrogen) atoms. The van der Waals surface area contributed by atoms with Gasteiger partial charge in [-0.25, -0.2) is 9.71 Å². The molecule has 7 heteroatoms. The SMILES string of the molecule is COc1ccc(N)cc1SNC(N)c1ccc(C(C)(C)C)nc1NC1=C(C)C=C(C)CC1C. The third-order valence-electron chi connectivity index (χ3n) is 5.78. The van der Waals surface area contributed by atoms with Crippen LogP contribution in [0.3, 0.4) is 0 Å². The molecule has 178 valence electrons. The first kappa shape index (κ1) is 25.1. The highest BCUT2D eigenvalue weighted by Gasteiger charge is 2.23. The molecule has 0 bridgehead atoms. The van der Waals surface area contributed by atoms with Crippen LogP contribution < -0.4 is 26.2 Å². The predicted octanol–water partition coefficient (Wildman–Crippen LogP) is 5.90. The van der Waals surface area contributed by atoms with Crippen LogP contribution in [0.25, 0.3) is 0 Å². The topological polar surface area (TPSA) is 98.2 Å². The molecule has 2 atom stereocenters. The maximum absolute atomic E-state index is 6.62. The quantitative estimate of drug-likeness (QED) is 0.229. The van der Waals surface area contributed by atoms with E-state index in [9.17, 15) is 0 Å². The number of nitrogens with zero attached hydrogens (tertiary/aromatic N) is 1. The maximum atomic E-state index is 6.62. The standard InChI is InChI=1S/C26H37N5OS/c1-15-12-16(2)23(17(3)13-15)30-25-19(9-11-22(29-25)26(4,5)6)24(28)31-33-21-14-18(27)8-10-20(21)32-7/h8-12,14,17,24,31H,13,27-28H2,1-7H3,(H,29,30). The highest BCUT2D eigenvalue weighted by Crippen LogP contribution is 2.34. The summed E-state index contributed by atoms with van der Waals surface area (Å²) in [4.78, 5) is 5.89. The molecule has 1 aliphatic carbocycles. The third-order valence-corrected chi connectivity index (χ3v) is 6.69. The molecule has 0 saturated heterocycles. The van der Waals surface area contributed by atoms with E-state index in [0.29, 0.717) is 11.6 Å². The Kier molecular flexibility index (Phi) is 7.77. The Hall–Kier alpha value is -2.48. The highest BCUT2D eigenvalue weighted by molar-refractivity contribution is 7.97. The number of allylic oxidation sites excluding steroid dienone is 4. The molecule has 1 aliphatic rings. The zero-order chi connectivity index (χ0) is 24.3. The smallest absolute Gasteiger partial charge is 0.136 e. The van der Waals surface area contributed by atoms with Crippen molar-refractivity contribution >= 4 is 23.5 Å². The van der Waals surface area contributed by atoms with Crippen molar-refractivity contribution in [1.82, 2.24) is 9.71 Å². The first-order chi connectivity index (χ1) is 15.5. The summed E-state index contributed by atoms with van der Waals surface area (Å²) >= 11 is 1.40. The lowest BCUT2D eigenvalue weighted by atomic mass is 9.89. The zero-order valence-corrected chi connectivity index (χ0v) is 21.6. The van der Waals surface area contributed by atoms with E-state index in [1.807, 2.05) is 18.2 Å². The van der Waals surface area contributed by atoms with Gasteiger partial charge in [-0.15, -0.1) is 0 Å². The lowest BCUT2D eigenvalue weighted by Crippen LogP contribution is -2.27. The van der Waals surface area contributed by atoms with Gasteiger partial charge in [0.1, 0.15) is 11.6 Å². The lowest BCUT2D eigenvalue weighted by molar-refractivity contribution is 0.405. The van der Waals surface area contributed by atoms with E-state index in [1.54, 1.807) is 7.11 Å². The molecule has 1 aromatic heterocycles. The molecule has 0 amide bonds. The molecule has 2 unspecified atom stereocenters. The fraction of sp³-hybridized carbons (Fsp3) is 0.423. The molecule has 1 heterocycles. The molecule has 0 radical (unpaired) electrons. The number of benzene rings is 1. The minimum Gasteiger partial charge on any atom is -0.496 e. The lowest BCUT2D eigenvalue weighted by Gasteiger charge is -2.28. The number of rotatable bonds is 7. The van der Waals surface area contributed by atoms with Crippen molar-refractivity contribution in [2.45, 2.75) is 64.4 Å². The minimum absolute atomic E-state index is 0.0751. The predicted molar refractivity (Wildman–Crippen MR) is 140 cm³/mol. The number of nitrogens with two attached hydrogens (primary N) is 2. The summed E-state index contributed by atoms with van der Waals surface area (Å²) in [6.45, 7) is 13.1. The van der Waals surface area contributed by atoms with E-state index in [1.165, 1.54) is 28.8 Å². The molecule has 6 N–H and O–H groups in total. The first-order valence-electron chi connectivity index (χ1n) is 11.3. The van der Waals surface area contributed by atoms with Gasteiger partial charge in [0.15, 0.2) is 0 Å². The normalized spacial score (nSPS) is 17.6. The van der Waals surface area contributed by atoms with Crippen molar-refractivity contribution < 1.29 is 4.74 Å². The van der Waals surface area contributed by atoms with E-state index in [2.05, 4.69) is 69.8 Å². The summed E-state index contributed by atoms with van der Waals surface area (Å²) in [5, 5.41) is 3.64. The van der Waals surface area contributed by atoms with Crippen molar-refractivity contribution in [2.24, 2.45) is 11.7 Å². The molecule has 6 nitrogen and oxygen atoms in total. The van der Waals surface area contributed by atoms with Crippen LogP contribution in [-0.4, -0.2) is 12.1 Å². The number of hydrogen-bond donors (Lipinski definition) is 4. The van der Waals surface area contributed by atoms with E-state index in [0.717, 1.165) is 34.1 Å². The van der Waals surface area contributed by atoms with Crippen LogP contribution in [0.15, 0.2) is 58.1 Å². The van der Waals surface area contributed by atoms with Gasteiger partial charge in [0, 0.05) is 34.0 Å². The Morgan fingerprint density at radius 1 is 1.18 bits per heavy atom. The minimum atomic E-state index is -0.456. The van der Waals surface area contributed by atoms with Gasteiger partial charge in [-0.1, -0.05) is 45.4 Å². The molecule has 0 fully saturated rings. The second kappa shape index (κ2) is 10.2. The number of nitrogen functional groups attached to an aromatic ring is 1. The number of aromatic nitrogens is 1. The molecular weight excluding hydrogens is 430 g/mol. The number of nitrogens with one attached hydrogen (secondary N) is 2. The number of ether oxygens (including phenoxy) is 1. The van der Waals surface area contributed by atoms with Crippen LogP contribution in [-0.2, 0) is 5.41 Å². The monoisotopic (exact) mass is 467 g/mol. The van der Waals surface area contributed by atoms with Crippen LogP contribution in [0.4, 0.5) is 11.5 Å². The first-order valence-corrected chi connectivity index (χ1v) is 12.1. The molecular formula is C26H37N5OS. The van der Waals surface area contributed by atoms with Crippen LogP contribution in [0, 0.1) is 5.92 Å². The summed E-state index contributed by atoms with van der Waals surface area (Å²) < 4.78 is 8.79. The van der Waals surface area contributed by atoms with Crippen LogP contribution >= 0.6 is 11.9 Å². The average Bonchev–Trinajstić information content (AvgIpc) is 2.73. The van der Waals surface area contributed by atoms with Crippen LogP contribution in [0.1, 0.15) is 65.4 Å². The Morgan fingerprint density at radius 2 is 1.91 bits per heavy atom. The van der Waals surface area contributed by atoms with Gasteiger partial charge in [0.05, 0.1) is 18.2 Å². The van der Waals surface area contributed by atoms with Crippen molar-refractivity contribution in [3.05, 3.63) is 64.5 Å². The van der Waals surface area contributed by atoms with E-state index in [4.69, 9.17) is 21.2 Å². The molecule has 0 saturated carbocycles. The molecule has 3 rings (SSSR count). The summed E-state index contributed by atoms with van der Waals surface area (Å²) in [7, 11) is 1.64. The zero-order valence-electron chi connectivity index (χ0n) is 20.7. The van der Waals surface area contributed by atoms with Crippen molar-refractivity contribution in [1.29, 1.82) is 0 Å². The largest absolute Gasteiger partial charge is 0.496 e. The van der Waals surface area contributed by atoms with Crippen molar-refractivity contribution in [3.8, 4) is 5.75 Å². The Labute approximate surface area is 202 Å². The Morgan fingerprint density at radius 3 is 2.55 bits per heavy atom. The summed E-state index contributed by atoms with van der Waals surface area (Å²) in [6, 6.07) is 9.67.